The summed E-state index contributed by atoms with van der Waals surface area (Å²) in [6.07, 6.45) is 4.31. The Hall–Kier alpha value is -0.700. The highest BCUT2D eigenvalue weighted by Crippen LogP contribution is 2.04. The first kappa shape index (κ1) is 8.40. The molecule has 11 heavy (non-hydrogen) atoms. The standard InChI is InChI=1S/C8H11NOS/c1-3-7-4-5-9-8(6-7)11(2)10/h4-6H,3H2,1-2H3. The zero-order valence-corrected chi connectivity index (χ0v) is 7.52. The molecule has 0 fully saturated rings. The van der Waals surface area contributed by atoms with Crippen LogP contribution in [0.15, 0.2) is 23.4 Å². The predicted molar refractivity (Wildman–Crippen MR) is 45.9 cm³/mol. The van der Waals surface area contributed by atoms with Gasteiger partial charge in [-0.2, -0.15) is 0 Å². The van der Waals surface area contributed by atoms with Gasteiger partial charge in [-0.05, 0) is 24.1 Å². The third-order valence-corrected chi connectivity index (χ3v) is 2.31. The summed E-state index contributed by atoms with van der Waals surface area (Å²) in [6.45, 7) is 2.07. The lowest BCUT2D eigenvalue weighted by Crippen LogP contribution is -1.92. The topological polar surface area (TPSA) is 30.0 Å². The van der Waals surface area contributed by atoms with Crippen molar-refractivity contribution in [2.45, 2.75) is 18.4 Å². The minimum atomic E-state index is -0.952. The predicted octanol–water partition coefficient (Wildman–Crippen LogP) is 1.38. The highest BCUT2D eigenvalue weighted by Gasteiger charge is 1.98. The van der Waals surface area contributed by atoms with Crippen LogP contribution in [0.1, 0.15) is 12.5 Å². The monoisotopic (exact) mass is 169 g/mol. The highest BCUT2D eigenvalue weighted by molar-refractivity contribution is 7.84. The van der Waals surface area contributed by atoms with Crippen LogP contribution in [0.4, 0.5) is 0 Å². The molecule has 0 aliphatic rings. The van der Waals surface area contributed by atoms with Crippen LogP contribution in [0, 0.1) is 0 Å². The van der Waals surface area contributed by atoms with E-state index in [2.05, 4.69) is 11.9 Å². The third-order valence-electron chi connectivity index (χ3n) is 1.50. The van der Waals surface area contributed by atoms with Crippen LogP contribution in [0.2, 0.25) is 0 Å². The number of rotatable bonds is 2. The molecule has 60 valence electrons. The van der Waals surface area contributed by atoms with Crippen molar-refractivity contribution in [1.29, 1.82) is 0 Å². The molecule has 0 aliphatic heterocycles. The fraction of sp³-hybridized carbons (Fsp3) is 0.375. The van der Waals surface area contributed by atoms with E-state index in [1.807, 2.05) is 12.1 Å². The number of hydrogen-bond donors (Lipinski definition) is 0. The lowest BCUT2D eigenvalue weighted by molar-refractivity contribution is 0.684. The molecule has 1 aromatic rings. The smallest absolute Gasteiger partial charge is 0.127 e. The quantitative estimate of drug-likeness (QED) is 0.669. The largest absolute Gasteiger partial charge is 0.253 e. The molecule has 1 atom stereocenters. The van der Waals surface area contributed by atoms with E-state index in [1.165, 1.54) is 5.56 Å². The van der Waals surface area contributed by atoms with E-state index in [0.717, 1.165) is 6.42 Å². The summed E-state index contributed by atoms with van der Waals surface area (Å²) >= 11 is 0. The minimum Gasteiger partial charge on any atom is -0.253 e. The summed E-state index contributed by atoms with van der Waals surface area (Å²) in [4.78, 5) is 3.99. The molecule has 0 aromatic carbocycles. The van der Waals surface area contributed by atoms with Crippen LogP contribution in [0.25, 0.3) is 0 Å². The Kier molecular flexibility index (Phi) is 2.76. The van der Waals surface area contributed by atoms with Gasteiger partial charge in [-0.15, -0.1) is 0 Å². The van der Waals surface area contributed by atoms with E-state index in [0.29, 0.717) is 5.03 Å². The molecule has 1 rings (SSSR count). The van der Waals surface area contributed by atoms with Crippen LogP contribution < -0.4 is 0 Å². The summed E-state index contributed by atoms with van der Waals surface area (Å²) in [5.74, 6) is 0. The molecule has 0 amide bonds. The van der Waals surface area contributed by atoms with Crippen molar-refractivity contribution in [2.24, 2.45) is 0 Å². The summed E-state index contributed by atoms with van der Waals surface area (Å²) < 4.78 is 11.0. The van der Waals surface area contributed by atoms with Gasteiger partial charge in [0.15, 0.2) is 0 Å². The van der Waals surface area contributed by atoms with Gasteiger partial charge < -0.3 is 0 Å². The Balaban J connectivity index is 3.01. The van der Waals surface area contributed by atoms with Gasteiger partial charge in [0.2, 0.25) is 0 Å². The zero-order valence-electron chi connectivity index (χ0n) is 6.70. The van der Waals surface area contributed by atoms with Crippen molar-refractivity contribution < 1.29 is 4.21 Å². The molecule has 1 unspecified atom stereocenters. The molecule has 0 saturated heterocycles. The van der Waals surface area contributed by atoms with Crippen molar-refractivity contribution in [1.82, 2.24) is 4.98 Å². The maximum Gasteiger partial charge on any atom is 0.127 e. The van der Waals surface area contributed by atoms with Crippen molar-refractivity contribution in [2.75, 3.05) is 6.26 Å². The first-order valence-electron chi connectivity index (χ1n) is 3.52. The molecular weight excluding hydrogens is 158 g/mol. The first-order chi connectivity index (χ1) is 5.24. The maximum absolute atomic E-state index is 11.0. The van der Waals surface area contributed by atoms with Crippen LogP contribution >= 0.6 is 0 Å². The number of pyridine rings is 1. The van der Waals surface area contributed by atoms with Gasteiger partial charge >= 0.3 is 0 Å². The average Bonchev–Trinajstić information content (AvgIpc) is 2.05. The molecule has 3 heteroatoms. The molecular formula is C8H11NOS. The fourth-order valence-electron chi connectivity index (χ4n) is 0.828. The lowest BCUT2D eigenvalue weighted by atomic mass is 10.2. The van der Waals surface area contributed by atoms with E-state index < -0.39 is 10.8 Å². The zero-order chi connectivity index (χ0) is 8.27. The molecule has 0 saturated carbocycles. The molecule has 0 N–H and O–H groups in total. The van der Waals surface area contributed by atoms with Gasteiger partial charge in [0.1, 0.15) is 5.03 Å². The number of aromatic nitrogens is 1. The average molecular weight is 169 g/mol. The molecule has 2 nitrogen and oxygen atoms in total. The second-order valence-corrected chi connectivity index (χ2v) is 3.64. The summed E-state index contributed by atoms with van der Waals surface area (Å²) in [5, 5.41) is 0.671. The molecule has 0 aliphatic carbocycles. The van der Waals surface area contributed by atoms with E-state index in [-0.39, 0.29) is 0 Å². The summed E-state index contributed by atoms with van der Waals surface area (Å²) in [5.41, 5.74) is 1.19. The number of aryl methyl sites for hydroxylation is 1. The molecule has 1 heterocycles. The van der Waals surface area contributed by atoms with Crippen molar-refractivity contribution in [3.8, 4) is 0 Å². The Morgan fingerprint density at radius 1 is 1.64 bits per heavy atom. The van der Waals surface area contributed by atoms with Crippen LogP contribution in [0.3, 0.4) is 0 Å². The van der Waals surface area contributed by atoms with Gasteiger partial charge in [0.25, 0.3) is 0 Å². The van der Waals surface area contributed by atoms with Gasteiger partial charge in [0.05, 0.1) is 10.8 Å². The van der Waals surface area contributed by atoms with Crippen LogP contribution in [-0.2, 0) is 17.2 Å². The van der Waals surface area contributed by atoms with Gasteiger partial charge in [-0.3, -0.25) is 4.21 Å². The normalized spacial score (nSPS) is 12.9. The van der Waals surface area contributed by atoms with Gasteiger partial charge in [-0.25, -0.2) is 4.98 Å². The molecule has 0 radical (unpaired) electrons. The van der Waals surface area contributed by atoms with Crippen molar-refractivity contribution in [3.05, 3.63) is 23.9 Å². The molecule has 1 aromatic heterocycles. The SMILES string of the molecule is CCc1ccnc(S(C)=O)c1. The van der Waals surface area contributed by atoms with Gasteiger partial charge in [0, 0.05) is 12.5 Å². The van der Waals surface area contributed by atoms with E-state index in [9.17, 15) is 4.21 Å². The lowest BCUT2D eigenvalue weighted by Gasteiger charge is -1.97. The van der Waals surface area contributed by atoms with Crippen molar-refractivity contribution in [3.63, 3.8) is 0 Å². The Morgan fingerprint density at radius 2 is 2.36 bits per heavy atom. The maximum atomic E-state index is 11.0. The first-order valence-corrected chi connectivity index (χ1v) is 5.08. The van der Waals surface area contributed by atoms with E-state index in [1.54, 1.807) is 12.5 Å². The van der Waals surface area contributed by atoms with Crippen molar-refractivity contribution >= 4 is 10.8 Å². The number of hydrogen-bond acceptors (Lipinski definition) is 2. The minimum absolute atomic E-state index is 0.671. The third kappa shape index (κ3) is 2.12. The van der Waals surface area contributed by atoms with E-state index in [4.69, 9.17) is 0 Å². The fourth-order valence-corrected chi connectivity index (χ4v) is 1.35. The summed E-state index contributed by atoms with van der Waals surface area (Å²) in [6, 6.07) is 3.83. The van der Waals surface area contributed by atoms with Crippen LogP contribution in [-0.4, -0.2) is 15.4 Å². The second kappa shape index (κ2) is 3.62. The van der Waals surface area contributed by atoms with Gasteiger partial charge in [-0.1, -0.05) is 6.92 Å². The van der Waals surface area contributed by atoms with Crippen LogP contribution in [0.5, 0.6) is 0 Å². The molecule has 0 spiro atoms. The Morgan fingerprint density at radius 3 is 2.91 bits per heavy atom. The Labute approximate surface area is 69.1 Å². The second-order valence-electron chi connectivity index (χ2n) is 2.31. The van der Waals surface area contributed by atoms with E-state index >= 15 is 0 Å². The Bertz CT molecular complexity index is 273. The summed E-state index contributed by atoms with van der Waals surface area (Å²) in [7, 11) is -0.952. The molecule has 0 bridgehead atoms. The highest BCUT2D eigenvalue weighted by atomic mass is 32.2. The number of nitrogens with zero attached hydrogens (tertiary/aromatic N) is 1.